The predicted octanol–water partition coefficient (Wildman–Crippen LogP) is 6.16. The number of halogens is 1. The highest BCUT2D eigenvalue weighted by molar-refractivity contribution is 8.04. The van der Waals surface area contributed by atoms with Crippen LogP contribution in [-0.4, -0.2) is 10.4 Å². The lowest BCUT2D eigenvalue weighted by Gasteiger charge is -2.05. The second-order valence-corrected chi connectivity index (χ2v) is 7.88. The number of hydrogen-bond acceptors (Lipinski definition) is 2. The fourth-order valence-electron chi connectivity index (χ4n) is 3.58. The van der Waals surface area contributed by atoms with Gasteiger partial charge in [0.2, 0.25) is 5.78 Å². The molecule has 0 saturated heterocycles. The number of Topliss-reactive ketones (excluding diaryl/α,β-unsaturated/α-hetero) is 1. The number of aromatic nitrogens is 1. The Kier molecular flexibility index (Phi) is 4.14. The molecule has 28 heavy (non-hydrogen) atoms. The summed E-state index contributed by atoms with van der Waals surface area (Å²) >= 11 is 1.52. The number of benzene rings is 3. The largest absolute Gasteiger partial charge is 0.342 e. The number of fused-ring (bicyclic) bond motifs is 2. The third-order valence-corrected chi connectivity index (χ3v) is 6.05. The van der Waals surface area contributed by atoms with E-state index in [9.17, 15) is 9.18 Å². The molecule has 3 aromatic carbocycles. The predicted molar refractivity (Wildman–Crippen MR) is 112 cm³/mol. The van der Waals surface area contributed by atoms with Gasteiger partial charge in [0.05, 0.1) is 4.91 Å². The van der Waals surface area contributed by atoms with Gasteiger partial charge in [0.15, 0.2) is 0 Å². The molecule has 0 radical (unpaired) electrons. The number of carbonyl (C=O) groups is 1. The van der Waals surface area contributed by atoms with Crippen molar-refractivity contribution in [1.82, 2.24) is 4.57 Å². The molecule has 136 valence electrons. The maximum absolute atomic E-state index is 13.2. The smallest absolute Gasteiger partial charge is 0.200 e. The highest BCUT2D eigenvalue weighted by Crippen LogP contribution is 2.41. The van der Waals surface area contributed by atoms with Crippen LogP contribution in [0.5, 0.6) is 0 Å². The van der Waals surface area contributed by atoms with Crippen LogP contribution >= 0.6 is 11.8 Å². The SMILES string of the molecule is O=C1/C(=C/c2cn(Cc3ccc(F)cc3)c3ccccc23)Sc2ccccc21. The lowest BCUT2D eigenvalue weighted by Crippen LogP contribution is -1.97. The van der Waals surface area contributed by atoms with Gasteiger partial charge in [-0.2, -0.15) is 0 Å². The van der Waals surface area contributed by atoms with Crippen LogP contribution in [0.15, 0.2) is 88.8 Å². The minimum atomic E-state index is -0.233. The van der Waals surface area contributed by atoms with Crippen molar-refractivity contribution in [3.8, 4) is 0 Å². The van der Waals surface area contributed by atoms with E-state index in [0.29, 0.717) is 6.54 Å². The zero-order valence-corrected chi connectivity index (χ0v) is 15.7. The number of thioether (sulfide) groups is 1. The fourth-order valence-corrected chi connectivity index (χ4v) is 4.63. The van der Waals surface area contributed by atoms with Crippen LogP contribution in [0.2, 0.25) is 0 Å². The van der Waals surface area contributed by atoms with Crippen LogP contribution in [0.3, 0.4) is 0 Å². The van der Waals surface area contributed by atoms with Gasteiger partial charge < -0.3 is 4.57 Å². The number of ketones is 1. The number of nitrogens with zero attached hydrogens (tertiary/aromatic N) is 1. The van der Waals surface area contributed by atoms with Crippen molar-refractivity contribution in [1.29, 1.82) is 0 Å². The van der Waals surface area contributed by atoms with E-state index < -0.39 is 0 Å². The van der Waals surface area contributed by atoms with E-state index in [0.717, 1.165) is 37.4 Å². The summed E-state index contributed by atoms with van der Waals surface area (Å²) in [4.78, 5) is 14.5. The van der Waals surface area contributed by atoms with E-state index in [1.165, 1.54) is 23.9 Å². The van der Waals surface area contributed by atoms with Crippen molar-refractivity contribution in [2.75, 3.05) is 0 Å². The molecule has 0 aliphatic carbocycles. The summed E-state index contributed by atoms with van der Waals surface area (Å²) in [5, 5.41) is 1.10. The van der Waals surface area contributed by atoms with Gasteiger partial charge >= 0.3 is 0 Å². The topological polar surface area (TPSA) is 22.0 Å². The Balaban J connectivity index is 1.56. The Bertz CT molecular complexity index is 1240. The highest BCUT2D eigenvalue weighted by Gasteiger charge is 2.25. The molecule has 0 spiro atoms. The Morgan fingerprint density at radius 2 is 1.68 bits per heavy atom. The van der Waals surface area contributed by atoms with E-state index in [2.05, 4.69) is 22.9 Å². The van der Waals surface area contributed by atoms with Gasteiger partial charge in [-0.15, -0.1) is 0 Å². The molecule has 2 nitrogen and oxygen atoms in total. The van der Waals surface area contributed by atoms with Crippen LogP contribution in [-0.2, 0) is 6.54 Å². The second-order valence-electron chi connectivity index (χ2n) is 6.79. The Morgan fingerprint density at radius 1 is 0.929 bits per heavy atom. The van der Waals surface area contributed by atoms with Gasteiger partial charge in [0.1, 0.15) is 5.82 Å². The molecule has 1 aliphatic rings. The Morgan fingerprint density at radius 3 is 2.50 bits per heavy atom. The third kappa shape index (κ3) is 2.96. The van der Waals surface area contributed by atoms with Gasteiger partial charge in [0, 0.05) is 39.7 Å². The molecule has 0 N–H and O–H groups in total. The molecule has 0 bridgehead atoms. The van der Waals surface area contributed by atoms with E-state index in [1.807, 2.05) is 42.5 Å². The molecule has 0 atom stereocenters. The minimum Gasteiger partial charge on any atom is -0.342 e. The molecule has 0 unspecified atom stereocenters. The maximum atomic E-state index is 13.2. The van der Waals surface area contributed by atoms with E-state index in [1.54, 1.807) is 12.1 Å². The average molecular weight is 385 g/mol. The summed E-state index contributed by atoms with van der Waals surface area (Å²) in [5.74, 6) is -0.154. The molecular formula is C24H16FNOS. The summed E-state index contributed by atoms with van der Waals surface area (Å²) < 4.78 is 15.4. The Hall–Kier alpha value is -3.11. The van der Waals surface area contributed by atoms with Crippen molar-refractivity contribution in [3.63, 3.8) is 0 Å². The molecule has 0 amide bonds. The van der Waals surface area contributed by atoms with Crippen molar-refractivity contribution < 1.29 is 9.18 Å². The van der Waals surface area contributed by atoms with E-state index >= 15 is 0 Å². The van der Waals surface area contributed by atoms with Crippen LogP contribution in [0, 0.1) is 5.82 Å². The summed E-state index contributed by atoms with van der Waals surface area (Å²) in [6.07, 6.45) is 4.05. The lowest BCUT2D eigenvalue weighted by molar-refractivity contribution is 0.104. The van der Waals surface area contributed by atoms with Crippen molar-refractivity contribution in [2.24, 2.45) is 0 Å². The van der Waals surface area contributed by atoms with Crippen LogP contribution in [0.4, 0.5) is 4.39 Å². The van der Waals surface area contributed by atoms with Gasteiger partial charge in [-0.25, -0.2) is 4.39 Å². The number of carbonyl (C=O) groups excluding carboxylic acids is 1. The van der Waals surface area contributed by atoms with Crippen molar-refractivity contribution in [3.05, 3.63) is 106 Å². The molecule has 4 heteroatoms. The number of allylic oxidation sites excluding steroid dienone is 1. The average Bonchev–Trinajstić information content (AvgIpc) is 3.22. The number of para-hydroxylation sites is 1. The molecule has 0 saturated carbocycles. The number of rotatable bonds is 3. The molecule has 5 rings (SSSR count). The van der Waals surface area contributed by atoms with Gasteiger partial charge in [-0.05, 0) is 42.0 Å². The highest BCUT2D eigenvalue weighted by atomic mass is 32.2. The third-order valence-electron chi connectivity index (χ3n) is 4.95. The van der Waals surface area contributed by atoms with Crippen LogP contribution in [0.25, 0.3) is 17.0 Å². The second kappa shape index (κ2) is 6.80. The summed E-state index contributed by atoms with van der Waals surface area (Å²) in [6, 6.07) is 22.4. The van der Waals surface area contributed by atoms with Gasteiger partial charge in [0.25, 0.3) is 0 Å². The maximum Gasteiger partial charge on any atom is 0.200 e. The zero-order chi connectivity index (χ0) is 19.1. The standard InChI is InChI=1S/C24H16FNOS/c25-18-11-9-16(10-12-18)14-26-15-17(19-5-1-3-7-21(19)26)13-23-24(27)20-6-2-4-8-22(20)28-23/h1-13,15H,14H2/b23-13-. The molecule has 0 fully saturated rings. The molecular weight excluding hydrogens is 369 g/mol. The van der Waals surface area contributed by atoms with Crippen LogP contribution in [0.1, 0.15) is 21.5 Å². The quantitative estimate of drug-likeness (QED) is 0.394. The Labute approximate surface area is 166 Å². The van der Waals surface area contributed by atoms with Gasteiger partial charge in [-0.3, -0.25) is 4.79 Å². The van der Waals surface area contributed by atoms with Gasteiger partial charge in [-0.1, -0.05) is 54.2 Å². The normalized spacial score (nSPS) is 14.8. The zero-order valence-electron chi connectivity index (χ0n) is 14.9. The van der Waals surface area contributed by atoms with E-state index in [-0.39, 0.29) is 11.6 Å². The first-order valence-corrected chi connectivity index (χ1v) is 9.86. The monoisotopic (exact) mass is 385 g/mol. The first kappa shape index (κ1) is 17.0. The molecule has 1 aromatic heterocycles. The summed E-state index contributed by atoms with van der Waals surface area (Å²) in [7, 11) is 0. The summed E-state index contributed by atoms with van der Waals surface area (Å²) in [6.45, 7) is 0.644. The minimum absolute atomic E-state index is 0.0796. The first-order chi connectivity index (χ1) is 13.7. The van der Waals surface area contributed by atoms with Crippen molar-refractivity contribution in [2.45, 2.75) is 11.4 Å². The molecule has 4 aromatic rings. The number of hydrogen-bond donors (Lipinski definition) is 0. The van der Waals surface area contributed by atoms with Crippen LogP contribution < -0.4 is 0 Å². The first-order valence-electron chi connectivity index (χ1n) is 9.05. The molecule has 1 aliphatic heterocycles. The van der Waals surface area contributed by atoms with Crippen molar-refractivity contribution >= 4 is 34.5 Å². The lowest BCUT2D eigenvalue weighted by atomic mass is 10.1. The van der Waals surface area contributed by atoms with E-state index in [4.69, 9.17) is 0 Å². The summed E-state index contributed by atoms with van der Waals surface area (Å²) in [5.41, 5.74) is 3.90. The molecule has 2 heterocycles. The fraction of sp³-hybridized carbons (Fsp3) is 0.0417.